The molecule has 0 aliphatic heterocycles. The van der Waals surface area contributed by atoms with Gasteiger partial charge < -0.3 is 4.90 Å². The lowest BCUT2D eigenvalue weighted by Gasteiger charge is -2.03. The van der Waals surface area contributed by atoms with Crippen molar-refractivity contribution in [1.29, 1.82) is 0 Å². The maximum atomic E-state index is 4.28. The van der Waals surface area contributed by atoms with Crippen molar-refractivity contribution in [3.8, 4) is 0 Å². The quantitative estimate of drug-likeness (QED) is 0.604. The summed E-state index contributed by atoms with van der Waals surface area (Å²) in [6.07, 6.45) is 1.77. The molecular formula is C9H10Br2N2. The van der Waals surface area contributed by atoms with E-state index >= 15 is 0 Å². The molecule has 0 saturated heterocycles. The molecular weight excluding hydrogens is 296 g/mol. The second-order valence-electron chi connectivity index (χ2n) is 2.80. The van der Waals surface area contributed by atoms with Crippen LogP contribution in [0, 0.1) is 0 Å². The Labute approximate surface area is 94.9 Å². The summed E-state index contributed by atoms with van der Waals surface area (Å²) in [6, 6.07) is 5.89. The minimum absolute atomic E-state index is 0.928. The van der Waals surface area contributed by atoms with Crippen molar-refractivity contribution in [2.75, 3.05) is 14.1 Å². The molecule has 0 aromatic heterocycles. The molecule has 1 aromatic rings. The molecule has 1 aromatic carbocycles. The van der Waals surface area contributed by atoms with E-state index < -0.39 is 0 Å². The predicted molar refractivity (Wildman–Crippen MR) is 63.7 cm³/mol. The van der Waals surface area contributed by atoms with Crippen LogP contribution in [0.2, 0.25) is 0 Å². The van der Waals surface area contributed by atoms with Crippen molar-refractivity contribution in [3.05, 3.63) is 27.1 Å². The van der Waals surface area contributed by atoms with E-state index in [1.54, 1.807) is 6.34 Å². The van der Waals surface area contributed by atoms with Gasteiger partial charge >= 0.3 is 0 Å². The first-order valence-electron chi connectivity index (χ1n) is 3.75. The van der Waals surface area contributed by atoms with E-state index in [-0.39, 0.29) is 0 Å². The third kappa shape index (κ3) is 3.48. The van der Waals surface area contributed by atoms with Crippen molar-refractivity contribution in [2.24, 2.45) is 4.99 Å². The number of hydrogen-bond donors (Lipinski definition) is 0. The molecule has 0 bridgehead atoms. The Kier molecular flexibility index (Phi) is 3.93. The van der Waals surface area contributed by atoms with Gasteiger partial charge in [0.2, 0.25) is 0 Å². The smallest absolute Gasteiger partial charge is 0.0907 e. The molecule has 0 amide bonds. The molecule has 0 N–H and O–H groups in total. The normalized spacial score (nSPS) is 10.8. The van der Waals surface area contributed by atoms with E-state index in [0.29, 0.717) is 0 Å². The van der Waals surface area contributed by atoms with Gasteiger partial charge in [0.25, 0.3) is 0 Å². The largest absolute Gasteiger partial charge is 0.369 e. The Morgan fingerprint density at radius 3 is 2.54 bits per heavy atom. The van der Waals surface area contributed by atoms with E-state index in [4.69, 9.17) is 0 Å². The number of rotatable bonds is 2. The van der Waals surface area contributed by atoms with Gasteiger partial charge in [-0.3, -0.25) is 0 Å². The van der Waals surface area contributed by atoms with E-state index in [9.17, 15) is 0 Å². The molecule has 0 aliphatic rings. The SMILES string of the molecule is CN(C)C=Nc1ccc(Br)cc1Br. The number of benzene rings is 1. The van der Waals surface area contributed by atoms with Crippen LogP contribution in [0.3, 0.4) is 0 Å². The summed E-state index contributed by atoms with van der Waals surface area (Å²) >= 11 is 6.82. The lowest BCUT2D eigenvalue weighted by atomic mass is 10.3. The number of aliphatic imine (C=N–C) groups is 1. The van der Waals surface area contributed by atoms with Gasteiger partial charge in [0.1, 0.15) is 0 Å². The molecule has 0 saturated carbocycles. The molecule has 0 atom stereocenters. The lowest BCUT2D eigenvalue weighted by Crippen LogP contribution is -2.06. The first kappa shape index (κ1) is 10.7. The summed E-state index contributed by atoms with van der Waals surface area (Å²) in [5.41, 5.74) is 0.928. The average molecular weight is 306 g/mol. The first-order chi connectivity index (χ1) is 6.09. The Morgan fingerprint density at radius 1 is 1.31 bits per heavy atom. The first-order valence-corrected chi connectivity index (χ1v) is 5.34. The van der Waals surface area contributed by atoms with Gasteiger partial charge in [0, 0.05) is 23.0 Å². The molecule has 0 heterocycles. The maximum Gasteiger partial charge on any atom is 0.0907 e. The van der Waals surface area contributed by atoms with Crippen LogP contribution >= 0.6 is 31.9 Å². The number of halogens is 2. The molecule has 1 rings (SSSR count). The van der Waals surface area contributed by atoms with Crippen LogP contribution in [0.25, 0.3) is 0 Å². The van der Waals surface area contributed by atoms with Gasteiger partial charge in [-0.15, -0.1) is 0 Å². The monoisotopic (exact) mass is 304 g/mol. The zero-order chi connectivity index (χ0) is 9.84. The van der Waals surface area contributed by atoms with Gasteiger partial charge in [0.05, 0.1) is 12.0 Å². The van der Waals surface area contributed by atoms with E-state index in [2.05, 4.69) is 36.9 Å². The average Bonchev–Trinajstić information content (AvgIpc) is 2.02. The second kappa shape index (κ2) is 4.77. The topological polar surface area (TPSA) is 15.6 Å². The van der Waals surface area contributed by atoms with Gasteiger partial charge in [0.15, 0.2) is 0 Å². The van der Waals surface area contributed by atoms with Crippen LogP contribution in [0.1, 0.15) is 0 Å². The highest BCUT2D eigenvalue weighted by molar-refractivity contribution is 9.11. The summed E-state index contributed by atoms with van der Waals surface area (Å²) in [5, 5.41) is 0. The Hall–Kier alpha value is -0.350. The van der Waals surface area contributed by atoms with Crippen molar-refractivity contribution >= 4 is 43.9 Å². The standard InChI is InChI=1S/C9H10Br2N2/c1-13(2)6-12-9-4-3-7(10)5-8(9)11/h3-6H,1-2H3. The molecule has 0 spiro atoms. The zero-order valence-corrected chi connectivity index (χ0v) is 10.6. The van der Waals surface area contributed by atoms with Crippen molar-refractivity contribution in [1.82, 2.24) is 4.90 Å². The second-order valence-corrected chi connectivity index (χ2v) is 4.57. The third-order valence-electron chi connectivity index (χ3n) is 1.34. The highest BCUT2D eigenvalue weighted by atomic mass is 79.9. The van der Waals surface area contributed by atoms with Gasteiger partial charge in [-0.2, -0.15) is 0 Å². The molecule has 70 valence electrons. The van der Waals surface area contributed by atoms with Crippen LogP contribution in [0.4, 0.5) is 5.69 Å². The Morgan fingerprint density at radius 2 is 2.00 bits per heavy atom. The third-order valence-corrected chi connectivity index (χ3v) is 2.47. The van der Waals surface area contributed by atoms with Gasteiger partial charge in [-0.05, 0) is 34.1 Å². The van der Waals surface area contributed by atoms with E-state index in [1.807, 2.05) is 37.2 Å². The minimum atomic E-state index is 0.928. The van der Waals surface area contributed by atoms with Crippen LogP contribution in [-0.2, 0) is 0 Å². The van der Waals surface area contributed by atoms with Crippen LogP contribution in [-0.4, -0.2) is 25.3 Å². The summed E-state index contributed by atoms with van der Waals surface area (Å²) in [6.45, 7) is 0. The fourth-order valence-electron chi connectivity index (χ4n) is 0.764. The molecule has 2 nitrogen and oxygen atoms in total. The Balaban J connectivity index is 2.90. The highest BCUT2D eigenvalue weighted by Gasteiger charge is 1.97. The summed E-state index contributed by atoms with van der Waals surface area (Å²) in [5.74, 6) is 0. The summed E-state index contributed by atoms with van der Waals surface area (Å²) in [4.78, 5) is 6.18. The summed E-state index contributed by atoms with van der Waals surface area (Å²) < 4.78 is 2.03. The van der Waals surface area contributed by atoms with Crippen molar-refractivity contribution < 1.29 is 0 Å². The molecule has 0 aliphatic carbocycles. The van der Waals surface area contributed by atoms with Gasteiger partial charge in [-0.25, -0.2) is 4.99 Å². The van der Waals surface area contributed by atoms with Crippen LogP contribution in [0.5, 0.6) is 0 Å². The minimum Gasteiger partial charge on any atom is -0.369 e. The van der Waals surface area contributed by atoms with Crippen molar-refractivity contribution in [3.63, 3.8) is 0 Å². The molecule has 0 fully saturated rings. The molecule has 0 unspecified atom stereocenters. The fourth-order valence-corrected chi connectivity index (χ4v) is 1.91. The van der Waals surface area contributed by atoms with E-state index in [1.165, 1.54) is 0 Å². The predicted octanol–water partition coefficient (Wildman–Crippen LogP) is 3.43. The summed E-state index contributed by atoms with van der Waals surface area (Å²) in [7, 11) is 3.88. The maximum absolute atomic E-state index is 4.28. The van der Waals surface area contributed by atoms with Crippen LogP contribution < -0.4 is 0 Å². The Bertz CT molecular complexity index is 321. The molecule has 13 heavy (non-hydrogen) atoms. The molecule has 4 heteroatoms. The van der Waals surface area contributed by atoms with E-state index in [0.717, 1.165) is 14.6 Å². The van der Waals surface area contributed by atoms with Gasteiger partial charge in [-0.1, -0.05) is 15.9 Å². The highest BCUT2D eigenvalue weighted by Crippen LogP contribution is 2.28. The fraction of sp³-hybridized carbons (Fsp3) is 0.222. The molecule has 0 radical (unpaired) electrons. The van der Waals surface area contributed by atoms with Crippen LogP contribution in [0.15, 0.2) is 32.1 Å². The van der Waals surface area contributed by atoms with Crippen molar-refractivity contribution in [2.45, 2.75) is 0 Å². The number of hydrogen-bond acceptors (Lipinski definition) is 1. The lowest BCUT2D eigenvalue weighted by molar-refractivity contribution is 0.643. The zero-order valence-electron chi connectivity index (χ0n) is 7.46. The number of nitrogens with zero attached hydrogens (tertiary/aromatic N) is 2.